The Bertz CT molecular complexity index is 1120. The molecule has 1 aliphatic heterocycles. The molecule has 1 saturated heterocycles. The number of nitrogens with zero attached hydrogens (tertiary/aromatic N) is 3. The highest BCUT2D eigenvalue weighted by molar-refractivity contribution is 7.17. The first-order valence-corrected chi connectivity index (χ1v) is 11.1. The van der Waals surface area contributed by atoms with Crippen LogP contribution in [0, 0.1) is 0 Å². The van der Waals surface area contributed by atoms with Gasteiger partial charge in [0.25, 0.3) is 0 Å². The second-order valence-electron chi connectivity index (χ2n) is 7.28. The zero-order valence-electron chi connectivity index (χ0n) is 15.9. The maximum absolute atomic E-state index is 6.06. The largest absolute Gasteiger partial charge is 0.372 e. The zero-order valence-corrected chi connectivity index (χ0v) is 17.5. The van der Waals surface area contributed by atoms with Crippen molar-refractivity contribution in [1.29, 1.82) is 0 Å². The van der Waals surface area contributed by atoms with Gasteiger partial charge < -0.3 is 10.2 Å². The summed E-state index contributed by atoms with van der Waals surface area (Å²) in [6.07, 6.45) is 5.53. The molecule has 0 bridgehead atoms. The molecule has 146 valence electrons. The van der Waals surface area contributed by atoms with Crippen molar-refractivity contribution in [2.24, 2.45) is 0 Å². The minimum Gasteiger partial charge on any atom is -0.372 e. The first-order valence-electron chi connectivity index (χ1n) is 9.88. The number of benzene rings is 2. The third-order valence-electron chi connectivity index (χ3n) is 5.38. The maximum atomic E-state index is 6.06. The molecule has 6 heteroatoms. The Morgan fingerprint density at radius 2 is 1.66 bits per heavy atom. The fraction of sp³-hybridized carbons (Fsp3) is 0.217. The molecule has 1 fully saturated rings. The number of hydrogen-bond donors (Lipinski definition) is 1. The summed E-state index contributed by atoms with van der Waals surface area (Å²) < 4.78 is 0. The highest BCUT2D eigenvalue weighted by Crippen LogP contribution is 2.37. The third-order valence-corrected chi connectivity index (χ3v) is 6.52. The summed E-state index contributed by atoms with van der Waals surface area (Å²) in [5.74, 6) is 0.826. The Morgan fingerprint density at radius 3 is 2.41 bits per heavy atom. The predicted octanol–water partition coefficient (Wildman–Crippen LogP) is 6.75. The number of halogens is 1. The molecule has 5 rings (SSSR count). The number of hydrogen-bond acceptors (Lipinski definition) is 5. The Kier molecular flexibility index (Phi) is 5.08. The van der Waals surface area contributed by atoms with E-state index in [1.165, 1.54) is 24.9 Å². The van der Waals surface area contributed by atoms with Crippen LogP contribution in [0.3, 0.4) is 0 Å². The molecule has 1 N–H and O–H groups in total. The average molecular weight is 421 g/mol. The van der Waals surface area contributed by atoms with Crippen LogP contribution in [0.1, 0.15) is 19.3 Å². The Morgan fingerprint density at radius 1 is 0.897 bits per heavy atom. The van der Waals surface area contributed by atoms with Crippen molar-refractivity contribution in [3.8, 4) is 11.1 Å². The van der Waals surface area contributed by atoms with Crippen LogP contribution in [0.15, 0.2) is 60.2 Å². The SMILES string of the molecule is Clc1ccc(-c2csc3ncnc(Nc4ccc(N5CCCCC5)cc4)c23)cc1. The fourth-order valence-corrected chi connectivity index (χ4v) is 4.90. The van der Waals surface area contributed by atoms with Crippen LogP contribution >= 0.6 is 22.9 Å². The molecule has 29 heavy (non-hydrogen) atoms. The van der Waals surface area contributed by atoms with Gasteiger partial charge in [0.05, 0.1) is 5.39 Å². The summed E-state index contributed by atoms with van der Waals surface area (Å²) in [6.45, 7) is 2.30. The Labute approximate surface area is 179 Å². The summed E-state index contributed by atoms with van der Waals surface area (Å²) in [5.41, 5.74) is 4.55. The molecule has 1 aliphatic rings. The van der Waals surface area contributed by atoms with Gasteiger partial charge in [0, 0.05) is 40.4 Å². The molecule has 2 aromatic heterocycles. The summed E-state index contributed by atoms with van der Waals surface area (Å²) in [7, 11) is 0. The fourth-order valence-electron chi connectivity index (χ4n) is 3.86. The van der Waals surface area contributed by atoms with Crippen LogP contribution in [-0.4, -0.2) is 23.1 Å². The van der Waals surface area contributed by atoms with E-state index in [1.807, 2.05) is 24.3 Å². The van der Waals surface area contributed by atoms with E-state index in [-0.39, 0.29) is 0 Å². The maximum Gasteiger partial charge on any atom is 0.143 e. The Hall–Kier alpha value is -2.63. The van der Waals surface area contributed by atoms with Gasteiger partial charge in [-0.2, -0.15) is 0 Å². The Balaban J connectivity index is 1.46. The molecule has 4 nitrogen and oxygen atoms in total. The minimum absolute atomic E-state index is 0.733. The normalized spacial score (nSPS) is 14.3. The van der Waals surface area contributed by atoms with E-state index in [0.717, 1.165) is 51.0 Å². The van der Waals surface area contributed by atoms with Crippen molar-refractivity contribution in [2.45, 2.75) is 19.3 Å². The van der Waals surface area contributed by atoms with Crippen molar-refractivity contribution in [1.82, 2.24) is 9.97 Å². The topological polar surface area (TPSA) is 41.1 Å². The molecule has 0 atom stereocenters. The number of anilines is 3. The summed E-state index contributed by atoms with van der Waals surface area (Å²) >= 11 is 7.69. The van der Waals surface area contributed by atoms with E-state index in [0.29, 0.717) is 0 Å². The van der Waals surface area contributed by atoms with E-state index in [9.17, 15) is 0 Å². The lowest BCUT2D eigenvalue weighted by atomic mass is 10.1. The van der Waals surface area contributed by atoms with Crippen LogP contribution in [0.4, 0.5) is 17.2 Å². The monoisotopic (exact) mass is 420 g/mol. The second-order valence-corrected chi connectivity index (χ2v) is 8.57. The van der Waals surface area contributed by atoms with Gasteiger partial charge in [-0.05, 0) is 61.2 Å². The average Bonchev–Trinajstić information content (AvgIpc) is 3.21. The van der Waals surface area contributed by atoms with E-state index in [2.05, 4.69) is 49.8 Å². The van der Waals surface area contributed by atoms with Crippen LogP contribution in [0.5, 0.6) is 0 Å². The second kappa shape index (κ2) is 8.01. The zero-order chi connectivity index (χ0) is 19.6. The van der Waals surface area contributed by atoms with Gasteiger partial charge in [0.2, 0.25) is 0 Å². The molecular weight excluding hydrogens is 400 g/mol. The van der Waals surface area contributed by atoms with Gasteiger partial charge in [0.1, 0.15) is 17.0 Å². The first-order chi connectivity index (χ1) is 14.3. The summed E-state index contributed by atoms with van der Waals surface area (Å²) in [4.78, 5) is 12.4. The number of fused-ring (bicyclic) bond motifs is 1. The number of aromatic nitrogens is 2. The van der Waals surface area contributed by atoms with Crippen LogP contribution in [0.2, 0.25) is 5.02 Å². The lowest BCUT2D eigenvalue weighted by Crippen LogP contribution is -2.29. The lowest BCUT2D eigenvalue weighted by molar-refractivity contribution is 0.578. The highest BCUT2D eigenvalue weighted by atomic mass is 35.5. The van der Waals surface area contributed by atoms with Crippen LogP contribution < -0.4 is 10.2 Å². The minimum atomic E-state index is 0.733. The number of rotatable bonds is 4. The van der Waals surface area contributed by atoms with E-state index in [1.54, 1.807) is 17.7 Å². The van der Waals surface area contributed by atoms with Gasteiger partial charge in [0.15, 0.2) is 0 Å². The third kappa shape index (κ3) is 3.80. The van der Waals surface area contributed by atoms with Gasteiger partial charge in [-0.1, -0.05) is 23.7 Å². The summed E-state index contributed by atoms with van der Waals surface area (Å²) in [6, 6.07) is 16.5. The van der Waals surface area contributed by atoms with Gasteiger partial charge in [-0.3, -0.25) is 0 Å². The molecule has 0 radical (unpaired) electrons. The van der Waals surface area contributed by atoms with Crippen LogP contribution in [0.25, 0.3) is 21.3 Å². The molecule has 2 aromatic carbocycles. The molecule has 0 unspecified atom stereocenters. The highest BCUT2D eigenvalue weighted by Gasteiger charge is 2.14. The quantitative estimate of drug-likeness (QED) is 0.396. The van der Waals surface area contributed by atoms with E-state index < -0.39 is 0 Å². The van der Waals surface area contributed by atoms with Gasteiger partial charge in [-0.15, -0.1) is 11.3 Å². The van der Waals surface area contributed by atoms with Crippen LogP contribution in [-0.2, 0) is 0 Å². The smallest absolute Gasteiger partial charge is 0.143 e. The lowest BCUT2D eigenvalue weighted by Gasteiger charge is -2.28. The van der Waals surface area contributed by atoms with E-state index >= 15 is 0 Å². The van der Waals surface area contributed by atoms with Gasteiger partial charge in [-0.25, -0.2) is 9.97 Å². The number of piperidine rings is 1. The molecule has 0 amide bonds. The molecule has 0 spiro atoms. The van der Waals surface area contributed by atoms with Crippen molar-refractivity contribution >= 4 is 50.3 Å². The van der Waals surface area contributed by atoms with Crippen molar-refractivity contribution < 1.29 is 0 Å². The molecular formula is C23H21ClN4S. The van der Waals surface area contributed by atoms with E-state index in [4.69, 9.17) is 11.6 Å². The molecule has 4 aromatic rings. The van der Waals surface area contributed by atoms with Crippen molar-refractivity contribution in [3.05, 3.63) is 65.3 Å². The van der Waals surface area contributed by atoms with Crippen molar-refractivity contribution in [3.63, 3.8) is 0 Å². The number of nitrogens with one attached hydrogen (secondary N) is 1. The first kappa shape index (κ1) is 18.4. The molecule has 3 heterocycles. The summed E-state index contributed by atoms with van der Waals surface area (Å²) in [5, 5.41) is 7.40. The molecule has 0 saturated carbocycles. The van der Waals surface area contributed by atoms with Gasteiger partial charge >= 0.3 is 0 Å². The number of thiophene rings is 1. The predicted molar refractivity (Wildman–Crippen MR) is 124 cm³/mol. The standard InChI is InChI=1S/C23H21ClN4S/c24-17-6-4-16(5-7-17)20-14-29-23-21(20)22(25-15-26-23)27-18-8-10-19(11-9-18)28-12-2-1-3-13-28/h4-11,14-15H,1-3,12-13H2,(H,25,26,27). The van der Waals surface area contributed by atoms with Crippen molar-refractivity contribution in [2.75, 3.05) is 23.3 Å². The molecule has 0 aliphatic carbocycles.